The molecule has 0 unspecified atom stereocenters. The standard InChI is InChI=1S/C12H13NO/c14-12-6-2-1-5-11(12)8-10-4-3-7-13-9-10/h3-5,7,9H,1-2,6,8H2. The minimum Gasteiger partial charge on any atom is -0.295 e. The molecule has 0 aliphatic heterocycles. The van der Waals surface area contributed by atoms with Crippen molar-refractivity contribution in [3.05, 3.63) is 41.7 Å². The summed E-state index contributed by atoms with van der Waals surface area (Å²) in [5.41, 5.74) is 2.08. The molecule has 1 aromatic rings. The Kier molecular flexibility index (Phi) is 2.73. The Hall–Kier alpha value is -1.44. The molecule has 1 aliphatic rings. The van der Waals surface area contributed by atoms with Gasteiger partial charge in [-0.1, -0.05) is 12.1 Å². The maximum Gasteiger partial charge on any atom is 0.158 e. The molecule has 0 amide bonds. The number of carbonyl (C=O) groups is 1. The van der Waals surface area contributed by atoms with Gasteiger partial charge in [-0.25, -0.2) is 0 Å². The Bertz CT molecular complexity index is 354. The summed E-state index contributed by atoms with van der Waals surface area (Å²) in [4.78, 5) is 15.5. The molecular weight excluding hydrogens is 174 g/mol. The van der Waals surface area contributed by atoms with Crippen molar-refractivity contribution in [2.24, 2.45) is 0 Å². The van der Waals surface area contributed by atoms with E-state index in [0.29, 0.717) is 12.2 Å². The van der Waals surface area contributed by atoms with E-state index >= 15 is 0 Å². The van der Waals surface area contributed by atoms with Crippen molar-refractivity contribution < 1.29 is 4.79 Å². The zero-order chi connectivity index (χ0) is 9.80. The van der Waals surface area contributed by atoms with Gasteiger partial charge in [0.05, 0.1) is 0 Å². The first-order chi connectivity index (χ1) is 6.86. The molecule has 0 atom stereocenters. The Morgan fingerprint density at radius 3 is 3.07 bits per heavy atom. The highest BCUT2D eigenvalue weighted by atomic mass is 16.1. The van der Waals surface area contributed by atoms with Gasteiger partial charge in [0.15, 0.2) is 5.78 Å². The summed E-state index contributed by atoms with van der Waals surface area (Å²) in [7, 11) is 0. The fourth-order valence-electron chi connectivity index (χ4n) is 1.71. The van der Waals surface area contributed by atoms with Crippen molar-refractivity contribution in [2.75, 3.05) is 0 Å². The number of aromatic nitrogens is 1. The molecule has 72 valence electrons. The van der Waals surface area contributed by atoms with Crippen LogP contribution in [0.4, 0.5) is 0 Å². The second kappa shape index (κ2) is 4.18. The lowest BCUT2D eigenvalue weighted by Crippen LogP contribution is -2.09. The number of nitrogens with zero attached hydrogens (tertiary/aromatic N) is 1. The number of rotatable bonds is 2. The van der Waals surface area contributed by atoms with Crippen LogP contribution in [0.25, 0.3) is 0 Å². The van der Waals surface area contributed by atoms with Crippen LogP contribution < -0.4 is 0 Å². The van der Waals surface area contributed by atoms with Gasteiger partial charge in [-0.2, -0.15) is 0 Å². The predicted octanol–water partition coefficient (Wildman–Crippen LogP) is 2.30. The van der Waals surface area contributed by atoms with Crippen LogP contribution in [-0.2, 0) is 11.2 Å². The van der Waals surface area contributed by atoms with Crippen LogP contribution in [0.1, 0.15) is 24.8 Å². The predicted molar refractivity (Wildman–Crippen MR) is 54.9 cm³/mol. The van der Waals surface area contributed by atoms with E-state index in [4.69, 9.17) is 0 Å². The molecule has 1 aliphatic carbocycles. The lowest BCUT2D eigenvalue weighted by Gasteiger charge is -2.10. The number of hydrogen-bond acceptors (Lipinski definition) is 2. The van der Waals surface area contributed by atoms with Crippen LogP contribution in [0.5, 0.6) is 0 Å². The summed E-state index contributed by atoms with van der Waals surface area (Å²) in [5.74, 6) is 0.306. The second-order valence-electron chi connectivity index (χ2n) is 3.58. The summed E-state index contributed by atoms with van der Waals surface area (Å²) < 4.78 is 0. The largest absolute Gasteiger partial charge is 0.295 e. The van der Waals surface area contributed by atoms with Crippen molar-refractivity contribution in [3.8, 4) is 0 Å². The molecule has 0 saturated carbocycles. The van der Waals surface area contributed by atoms with E-state index in [1.165, 1.54) is 0 Å². The molecule has 0 radical (unpaired) electrons. The van der Waals surface area contributed by atoms with E-state index in [-0.39, 0.29) is 0 Å². The highest BCUT2D eigenvalue weighted by molar-refractivity contribution is 5.96. The second-order valence-corrected chi connectivity index (χ2v) is 3.58. The minimum atomic E-state index is 0.306. The first-order valence-corrected chi connectivity index (χ1v) is 4.97. The zero-order valence-electron chi connectivity index (χ0n) is 8.07. The fourth-order valence-corrected chi connectivity index (χ4v) is 1.71. The fraction of sp³-hybridized carbons (Fsp3) is 0.333. The van der Waals surface area contributed by atoms with Crippen LogP contribution in [-0.4, -0.2) is 10.8 Å². The Balaban J connectivity index is 2.11. The average Bonchev–Trinajstić information content (AvgIpc) is 2.23. The third-order valence-corrected chi connectivity index (χ3v) is 2.47. The summed E-state index contributed by atoms with van der Waals surface area (Å²) in [6.45, 7) is 0. The van der Waals surface area contributed by atoms with Crippen LogP contribution in [0, 0.1) is 0 Å². The van der Waals surface area contributed by atoms with E-state index in [0.717, 1.165) is 30.4 Å². The maximum atomic E-state index is 11.5. The van der Waals surface area contributed by atoms with Gasteiger partial charge < -0.3 is 0 Å². The molecule has 1 heterocycles. The van der Waals surface area contributed by atoms with Crippen LogP contribution in [0.2, 0.25) is 0 Å². The summed E-state index contributed by atoms with van der Waals surface area (Å²) in [6.07, 6.45) is 9.15. The number of pyridine rings is 1. The first-order valence-electron chi connectivity index (χ1n) is 4.97. The third-order valence-electron chi connectivity index (χ3n) is 2.47. The van der Waals surface area contributed by atoms with Gasteiger partial charge in [-0.05, 0) is 30.0 Å². The summed E-state index contributed by atoms with van der Waals surface area (Å²) in [6, 6.07) is 3.92. The van der Waals surface area contributed by atoms with E-state index in [2.05, 4.69) is 11.1 Å². The van der Waals surface area contributed by atoms with Crippen molar-refractivity contribution >= 4 is 5.78 Å². The molecule has 0 spiro atoms. The van der Waals surface area contributed by atoms with E-state index in [1.54, 1.807) is 6.20 Å². The van der Waals surface area contributed by atoms with Gasteiger partial charge in [0, 0.05) is 25.2 Å². The van der Waals surface area contributed by atoms with Crippen LogP contribution >= 0.6 is 0 Å². The van der Waals surface area contributed by atoms with Crippen molar-refractivity contribution in [2.45, 2.75) is 25.7 Å². The third kappa shape index (κ3) is 2.08. The van der Waals surface area contributed by atoms with E-state index in [9.17, 15) is 4.79 Å². The van der Waals surface area contributed by atoms with Gasteiger partial charge >= 0.3 is 0 Å². The molecule has 0 saturated heterocycles. The normalized spacial score (nSPS) is 16.6. The van der Waals surface area contributed by atoms with Gasteiger partial charge in [0.25, 0.3) is 0 Å². The molecule has 0 aromatic carbocycles. The summed E-state index contributed by atoms with van der Waals surface area (Å²) in [5, 5.41) is 0. The maximum absolute atomic E-state index is 11.5. The average molecular weight is 187 g/mol. The Morgan fingerprint density at radius 1 is 1.43 bits per heavy atom. The quantitative estimate of drug-likeness (QED) is 0.711. The number of Topliss-reactive ketones (excluding diaryl/α,β-unsaturated/α-hetero) is 1. The lowest BCUT2D eigenvalue weighted by atomic mass is 9.93. The van der Waals surface area contributed by atoms with Gasteiger partial charge in [-0.15, -0.1) is 0 Å². The zero-order valence-corrected chi connectivity index (χ0v) is 8.07. The molecular formula is C12H13NO. The Morgan fingerprint density at radius 2 is 2.36 bits per heavy atom. The van der Waals surface area contributed by atoms with Gasteiger partial charge in [0.2, 0.25) is 0 Å². The topological polar surface area (TPSA) is 30.0 Å². The minimum absolute atomic E-state index is 0.306. The molecule has 2 rings (SSSR count). The van der Waals surface area contributed by atoms with Crippen LogP contribution in [0.3, 0.4) is 0 Å². The molecule has 14 heavy (non-hydrogen) atoms. The lowest BCUT2D eigenvalue weighted by molar-refractivity contribution is -0.116. The number of allylic oxidation sites excluding steroid dienone is 2. The monoisotopic (exact) mass is 187 g/mol. The van der Waals surface area contributed by atoms with Crippen LogP contribution in [0.15, 0.2) is 36.2 Å². The molecule has 0 fully saturated rings. The van der Waals surface area contributed by atoms with E-state index in [1.807, 2.05) is 18.3 Å². The number of hydrogen-bond donors (Lipinski definition) is 0. The van der Waals surface area contributed by atoms with E-state index < -0.39 is 0 Å². The van der Waals surface area contributed by atoms with Gasteiger partial charge in [0.1, 0.15) is 0 Å². The molecule has 1 aromatic heterocycles. The Labute approximate surface area is 83.7 Å². The number of ketones is 1. The molecule has 2 heteroatoms. The highest BCUT2D eigenvalue weighted by Crippen LogP contribution is 2.17. The smallest absolute Gasteiger partial charge is 0.158 e. The SMILES string of the molecule is O=C1CCCC=C1Cc1cccnc1. The van der Waals surface area contributed by atoms with Gasteiger partial charge in [-0.3, -0.25) is 9.78 Å². The molecule has 2 nitrogen and oxygen atoms in total. The van der Waals surface area contributed by atoms with Crippen molar-refractivity contribution in [3.63, 3.8) is 0 Å². The van der Waals surface area contributed by atoms with Crippen molar-refractivity contribution in [1.29, 1.82) is 0 Å². The highest BCUT2D eigenvalue weighted by Gasteiger charge is 2.13. The van der Waals surface area contributed by atoms with Crippen molar-refractivity contribution in [1.82, 2.24) is 4.98 Å². The summed E-state index contributed by atoms with van der Waals surface area (Å²) >= 11 is 0. The molecule has 0 bridgehead atoms. The molecule has 0 N–H and O–H groups in total. The first kappa shape index (κ1) is 9.13. The number of carbonyl (C=O) groups excluding carboxylic acids is 1.